The average molecular weight is 515 g/mol. The molecule has 0 bridgehead atoms. The predicted molar refractivity (Wildman–Crippen MR) is 136 cm³/mol. The second-order valence-corrected chi connectivity index (χ2v) is 8.80. The average Bonchev–Trinajstić information content (AvgIpc) is 3.17. The molecule has 1 atom stereocenters. The highest BCUT2D eigenvalue weighted by Gasteiger charge is 2.17. The fourth-order valence-electron chi connectivity index (χ4n) is 3.78. The zero-order chi connectivity index (χ0) is 24.9. The Kier molecular flexibility index (Phi) is 7.77. The van der Waals surface area contributed by atoms with Crippen molar-refractivity contribution in [1.82, 2.24) is 14.7 Å². The minimum atomic E-state index is -1.23. The molecule has 1 heterocycles. The van der Waals surface area contributed by atoms with Gasteiger partial charge in [-0.15, -0.1) is 5.10 Å². The number of carbonyl (C=O) groups is 1. The Morgan fingerprint density at radius 1 is 1.11 bits per heavy atom. The van der Waals surface area contributed by atoms with E-state index in [4.69, 9.17) is 33.7 Å². The third-order valence-electron chi connectivity index (χ3n) is 5.55. The van der Waals surface area contributed by atoms with Crippen LogP contribution in [0.3, 0.4) is 0 Å². The van der Waals surface area contributed by atoms with Crippen molar-refractivity contribution in [3.63, 3.8) is 0 Å². The summed E-state index contributed by atoms with van der Waals surface area (Å²) in [7, 11) is 0. The van der Waals surface area contributed by atoms with Gasteiger partial charge in [0.05, 0.1) is 22.3 Å². The number of ether oxygens (including phenoxy) is 1. The summed E-state index contributed by atoms with van der Waals surface area (Å²) in [6.07, 6.45) is -2.01. The molecule has 4 rings (SSSR count). The number of anilines is 1. The molecule has 3 aromatic carbocycles. The van der Waals surface area contributed by atoms with Crippen molar-refractivity contribution >= 4 is 45.9 Å². The number of halogens is 2. The maximum Gasteiger partial charge on any atom is 0.432 e. The Morgan fingerprint density at radius 2 is 1.89 bits per heavy atom. The molecular formula is C25H24Cl2N4O4. The summed E-state index contributed by atoms with van der Waals surface area (Å²) < 4.78 is 6.73. The highest BCUT2D eigenvalue weighted by molar-refractivity contribution is 6.34. The summed E-state index contributed by atoms with van der Waals surface area (Å²) in [5.74, 6) is 0.488. The normalized spacial score (nSPS) is 12.2. The van der Waals surface area contributed by atoms with E-state index in [1.165, 1.54) is 0 Å². The minimum Gasteiger partial charge on any atom is -0.492 e. The zero-order valence-corrected chi connectivity index (χ0v) is 20.2. The van der Waals surface area contributed by atoms with Crippen LogP contribution in [0.5, 0.6) is 5.75 Å². The molecule has 0 saturated heterocycles. The molecule has 0 saturated carbocycles. The van der Waals surface area contributed by atoms with Gasteiger partial charge in [0.15, 0.2) is 5.15 Å². The Labute approximate surface area is 212 Å². The minimum absolute atomic E-state index is 0.111. The molecule has 0 fully saturated rings. The summed E-state index contributed by atoms with van der Waals surface area (Å²) in [6.45, 7) is 1.76. The van der Waals surface area contributed by atoms with Crippen LogP contribution in [0.4, 0.5) is 10.5 Å². The summed E-state index contributed by atoms with van der Waals surface area (Å²) >= 11 is 12.0. The van der Waals surface area contributed by atoms with E-state index < -0.39 is 12.2 Å². The fraction of sp³-hybridized carbons (Fsp3) is 0.200. The number of aliphatic hydroxyl groups is 1. The highest BCUT2D eigenvalue weighted by atomic mass is 35.5. The van der Waals surface area contributed by atoms with E-state index in [2.05, 4.69) is 10.00 Å². The molecule has 0 spiro atoms. The fourth-order valence-corrected chi connectivity index (χ4v) is 4.13. The Balaban J connectivity index is 1.46. The van der Waals surface area contributed by atoms with E-state index >= 15 is 0 Å². The number of benzene rings is 3. The standard InChI is InChI=1S/C25H24Cl2N4O4/c26-20-9-6-17(12-21(20)28)23(32)15-30(14-16-4-2-1-3-5-16)10-11-35-18-7-8-19-22(13-18)31(25(33)34)29-24(19)27/h1-9,12-13,23,32H,10-11,14-15,28H2,(H,33,34). The van der Waals surface area contributed by atoms with Gasteiger partial charge < -0.3 is 20.7 Å². The first-order valence-electron chi connectivity index (χ1n) is 10.9. The lowest BCUT2D eigenvalue weighted by molar-refractivity contribution is 0.0986. The van der Waals surface area contributed by atoms with Crippen molar-refractivity contribution in [3.05, 3.63) is 88.0 Å². The van der Waals surface area contributed by atoms with Crippen molar-refractivity contribution in [2.75, 3.05) is 25.4 Å². The van der Waals surface area contributed by atoms with Gasteiger partial charge in [-0.05, 0) is 35.4 Å². The number of hydrogen-bond donors (Lipinski definition) is 3. The number of nitrogens with two attached hydrogens (primary N) is 1. The smallest absolute Gasteiger partial charge is 0.432 e. The number of fused-ring (bicyclic) bond motifs is 1. The van der Waals surface area contributed by atoms with E-state index in [0.29, 0.717) is 59.2 Å². The molecule has 4 aromatic rings. The number of nitrogen functional groups attached to an aromatic ring is 1. The first-order valence-corrected chi connectivity index (χ1v) is 11.6. The molecule has 0 aliphatic carbocycles. The van der Waals surface area contributed by atoms with E-state index in [0.717, 1.165) is 10.2 Å². The third-order valence-corrected chi connectivity index (χ3v) is 6.17. The molecule has 0 aliphatic heterocycles. The molecule has 0 radical (unpaired) electrons. The van der Waals surface area contributed by atoms with Crippen molar-refractivity contribution in [3.8, 4) is 5.75 Å². The molecular weight excluding hydrogens is 491 g/mol. The molecule has 8 nitrogen and oxygen atoms in total. The van der Waals surface area contributed by atoms with Crippen LogP contribution in [-0.4, -0.2) is 50.7 Å². The van der Waals surface area contributed by atoms with E-state index in [1.54, 1.807) is 36.4 Å². The largest absolute Gasteiger partial charge is 0.492 e. The lowest BCUT2D eigenvalue weighted by atomic mass is 10.1. The number of rotatable bonds is 9. The lowest BCUT2D eigenvalue weighted by Gasteiger charge is -2.25. The lowest BCUT2D eigenvalue weighted by Crippen LogP contribution is -2.32. The summed E-state index contributed by atoms with van der Waals surface area (Å²) in [4.78, 5) is 13.5. The molecule has 35 heavy (non-hydrogen) atoms. The SMILES string of the molecule is Nc1cc(C(O)CN(CCOc2ccc3c(Cl)nn(C(=O)O)c3c2)Cc2ccccc2)ccc1Cl. The van der Waals surface area contributed by atoms with Crippen LogP contribution in [-0.2, 0) is 6.54 Å². The van der Waals surface area contributed by atoms with Gasteiger partial charge >= 0.3 is 6.09 Å². The molecule has 10 heteroatoms. The zero-order valence-electron chi connectivity index (χ0n) is 18.6. The van der Waals surface area contributed by atoms with Crippen LogP contribution < -0.4 is 10.5 Å². The number of hydrogen-bond acceptors (Lipinski definition) is 6. The summed E-state index contributed by atoms with van der Waals surface area (Å²) in [6, 6.07) is 20.0. The van der Waals surface area contributed by atoms with Crippen molar-refractivity contribution in [2.24, 2.45) is 0 Å². The number of aliphatic hydroxyl groups excluding tert-OH is 1. The van der Waals surface area contributed by atoms with Gasteiger partial charge in [0, 0.05) is 31.1 Å². The van der Waals surface area contributed by atoms with E-state index in [9.17, 15) is 15.0 Å². The topological polar surface area (TPSA) is 114 Å². The third kappa shape index (κ3) is 6.04. The summed E-state index contributed by atoms with van der Waals surface area (Å²) in [5.41, 5.74) is 8.43. The highest BCUT2D eigenvalue weighted by Crippen LogP contribution is 2.27. The Hall–Kier alpha value is -3.30. The van der Waals surface area contributed by atoms with Gasteiger partial charge in [0.2, 0.25) is 0 Å². The molecule has 0 aliphatic rings. The van der Waals surface area contributed by atoms with Crippen molar-refractivity contribution < 1.29 is 19.7 Å². The first-order chi connectivity index (χ1) is 16.8. The maximum absolute atomic E-state index is 11.4. The summed E-state index contributed by atoms with van der Waals surface area (Å²) in [5, 5.41) is 25.1. The number of aromatic nitrogens is 2. The van der Waals surface area contributed by atoms with Crippen LogP contribution in [0.2, 0.25) is 10.2 Å². The quantitative estimate of drug-likeness (QED) is 0.267. The van der Waals surface area contributed by atoms with Gasteiger partial charge in [-0.3, -0.25) is 4.90 Å². The first kappa shape index (κ1) is 24.8. The van der Waals surface area contributed by atoms with Gasteiger partial charge in [-0.1, -0.05) is 59.6 Å². The van der Waals surface area contributed by atoms with Crippen molar-refractivity contribution in [2.45, 2.75) is 12.6 Å². The van der Waals surface area contributed by atoms with Gasteiger partial charge in [0.1, 0.15) is 12.4 Å². The van der Waals surface area contributed by atoms with Crippen LogP contribution in [0, 0.1) is 0 Å². The predicted octanol–water partition coefficient (Wildman–Crippen LogP) is 5.07. The van der Waals surface area contributed by atoms with Crippen molar-refractivity contribution in [1.29, 1.82) is 0 Å². The second-order valence-electron chi connectivity index (χ2n) is 8.03. The Bertz CT molecular complexity index is 1330. The van der Waals surface area contributed by atoms with Gasteiger partial charge in [-0.2, -0.15) is 4.68 Å². The number of carboxylic acid groups (broad SMARTS) is 1. The van der Waals surface area contributed by atoms with Gasteiger partial charge in [0.25, 0.3) is 0 Å². The second kappa shape index (κ2) is 11.0. The monoisotopic (exact) mass is 514 g/mol. The number of nitrogens with zero attached hydrogens (tertiary/aromatic N) is 3. The van der Waals surface area contributed by atoms with Crippen LogP contribution >= 0.6 is 23.2 Å². The molecule has 182 valence electrons. The van der Waals surface area contributed by atoms with Crippen LogP contribution in [0.1, 0.15) is 17.2 Å². The van der Waals surface area contributed by atoms with Gasteiger partial charge in [-0.25, -0.2) is 4.79 Å². The molecule has 1 aromatic heterocycles. The Morgan fingerprint density at radius 3 is 2.60 bits per heavy atom. The molecule has 0 amide bonds. The molecule has 4 N–H and O–H groups in total. The van der Waals surface area contributed by atoms with E-state index in [1.807, 2.05) is 30.3 Å². The molecule has 1 unspecified atom stereocenters. The van der Waals surface area contributed by atoms with Crippen LogP contribution in [0.15, 0.2) is 66.7 Å². The van der Waals surface area contributed by atoms with E-state index in [-0.39, 0.29) is 5.15 Å². The van der Waals surface area contributed by atoms with Crippen LogP contribution in [0.25, 0.3) is 10.9 Å². The maximum atomic E-state index is 11.4.